The van der Waals surface area contributed by atoms with Crippen molar-refractivity contribution in [3.8, 4) is 5.75 Å². The number of para-hydroxylation sites is 1. The van der Waals surface area contributed by atoms with Gasteiger partial charge in [-0.1, -0.05) is 54.3 Å². The maximum atomic E-state index is 12.6. The molecule has 1 heterocycles. The highest BCUT2D eigenvalue weighted by Gasteiger charge is 2.31. The molecule has 3 rings (SSSR count). The maximum absolute atomic E-state index is 12.6. The lowest BCUT2D eigenvalue weighted by atomic mass is 10.2. The van der Waals surface area contributed by atoms with Crippen LogP contribution in [0.25, 0.3) is 6.08 Å². The fraction of sp³-hybridized carbons (Fsp3) is 0.190. The summed E-state index contributed by atoms with van der Waals surface area (Å²) in [6, 6.07) is 14.3. The Bertz CT molecular complexity index is 956. The Balaban J connectivity index is 1.55. The van der Waals surface area contributed by atoms with Crippen LogP contribution in [-0.4, -0.2) is 32.7 Å². The molecule has 0 radical (unpaired) electrons. The average molecular weight is 413 g/mol. The van der Waals surface area contributed by atoms with Gasteiger partial charge in [0, 0.05) is 18.7 Å². The van der Waals surface area contributed by atoms with E-state index in [1.165, 1.54) is 16.7 Å². The van der Waals surface area contributed by atoms with Crippen molar-refractivity contribution in [3.05, 3.63) is 64.6 Å². The number of carbonyl (C=O) groups is 2. The zero-order valence-corrected chi connectivity index (χ0v) is 17.0. The van der Waals surface area contributed by atoms with Gasteiger partial charge in [-0.05, 0) is 48.7 Å². The van der Waals surface area contributed by atoms with Gasteiger partial charge in [-0.25, -0.2) is 0 Å². The molecular formula is C21H20N2O3S2. The minimum Gasteiger partial charge on any atom is -0.508 e. The largest absolute Gasteiger partial charge is 0.508 e. The van der Waals surface area contributed by atoms with Crippen LogP contribution in [0, 0.1) is 6.92 Å². The van der Waals surface area contributed by atoms with E-state index in [2.05, 4.69) is 5.32 Å². The number of amides is 2. The lowest BCUT2D eigenvalue weighted by Crippen LogP contribution is -2.29. The second-order valence-corrected chi connectivity index (χ2v) is 8.07. The van der Waals surface area contributed by atoms with Gasteiger partial charge >= 0.3 is 0 Å². The summed E-state index contributed by atoms with van der Waals surface area (Å²) in [6.07, 6.45) is 2.53. The van der Waals surface area contributed by atoms with E-state index < -0.39 is 0 Å². The highest BCUT2D eigenvalue weighted by atomic mass is 32.2. The maximum Gasteiger partial charge on any atom is 0.266 e. The summed E-state index contributed by atoms with van der Waals surface area (Å²) < 4.78 is 0.482. The number of phenolic OH excluding ortho intramolecular Hbond substituents is 1. The molecule has 1 fully saturated rings. The van der Waals surface area contributed by atoms with Gasteiger partial charge < -0.3 is 10.4 Å². The Hall–Kier alpha value is -2.64. The van der Waals surface area contributed by atoms with Crippen LogP contribution in [0.5, 0.6) is 5.75 Å². The Morgan fingerprint density at radius 1 is 1.25 bits per heavy atom. The molecule has 1 saturated heterocycles. The Morgan fingerprint density at radius 2 is 2.04 bits per heavy atom. The third-order valence-electron chi connectivity index (χ3n) is 4.25. The summed E-state index contributed by atoms with van der Waals surface area (Å²) >= 11 is 6.55. The molecule has 2 aromatic carbocycles. The smallest absolute Gasteiger partial charge is 0.266 e. The number of hydrogen-bond donors (Lipinski definition) is 2. The minimum absolute atomic E-state index is 0.0879. The number of thiocarbonyl (C=S) groups is 1. The Kier molecular flexibility index (Phi) is 6.49. The number of hydrogen-bond acceptors (Lipinski definition) is 5. The average Bonchev–Trinajstić information content (AvgIpc) is 2.91. The topological polar surface area (TPSA) is 69.6 Å². The third-order valence-corrected chi connectivity index (χ3v) is 5.62. The van der Waals surface area contributed by atoms with Crippen molar-refractivity contribution in [2.45, 2.75) is 19.8 Å². The summed E-state index contributed by atoms with van der Waals surface area (Å²) in [5.74, 6) is -0.114. The number of nitrogens with one attached hydrogen (secondary N) is 1. The van der Waals surface area contributed by atoms with E-state index in [-0.39, 0.29) is 17.6 Å². The third kappa shape index (κ3) is 4.99. The molecule has 7 heteroatoms. The van der Waals surface area contributed by atoms with Crippen LogP contribution >= 0.6 is 24.0 Å². The lowest BCUT2D eigenvalue weighted by molar-refractivity contribution is -0.122. The normalized spacial score (nSPS) is 15.3. The van der Waals surface area contributed by atoms with Crippen LogP contribution in [0.4, 0.5) is 5.69 Å². The number of carbonyl (C=O) groups excluding carboxylic acids is 2. The predicted octanol–water partition coefficient (Wildman–Crippen LogP) is 4.32. The van der Waals surface area contributed by atoms with E-state index in [9.17, 15) is 14.7 Å². The molecule has 2 aromatic rings. The number of aryl methyl sites for hydroxylation is 1. The number of phenols is 1. The second kappa shape index (κ2) is 9.03. The van der Waals surface area contributed by atoms with Crippen LogP contribution in [-0.2, 0) is 9.59 Å². The fourth-order valence-corrected chi connectivity index (χ4v) is 4.09. The molecule has 28 heavy (non-hydrogen) atoms. The van der Waals surface area contributed by atoms with E-state index in [0.29, 0.717) is 28.6 Å². The quantitative estimate of drug-likeness (QED) is 0.546. The Morgan fingerprint density at radius 3 is 2.79 bits per heavy atom. The van der Waals surface area contributed by atoms with Gasteiger partial charge in [0.05, 0.1) is 4.91 Å². The highest BCUT2D eigenvalue weighted by molar-refractivity contribution is 8.26. The van der Waals surface area contributed by atoms with Crippen LogP contribution in [0.15, 0.2) is 53.4 Å². The predicted molar refractivity (Wildman–Crippen MR) is 117 cm³/mol. The second-order valence-electron chi connectivity index (χ2n) is 6.39. The zero-order valence-electron chi connectivity index (χ0n) is 15.3. The number of anilines is 1. The van der Waals surface area contributed by atoms with Crippen molar-refractivity contribution in [1.29, 1.82) is 0 Å². The summed E-state index contributed by atoms with van der Waals surface area (Å²) in [6.45, 7) is 2.33. The van der Waals surface area contributed by atoms with Gasteiger partial charge in [0.25, 0.3) is 5.91 Å². The first-order valence-electron chi connectivity index (χ1n) is 8.84. The van der Waals surface area contributed by atoms with E-state index in [1.807, 2.05) is 37.3 Å². The number of benzene rings is 2. The molecule has 0 atom stereocenters. The molecule has 0 unspecified atom stereocenters. The lowest BCUT2D eigenvalue weighted by Gasteiger charge is -2.14. The summed E-state index contributed by atoms with van der Waals surface area (Å²) in [4.78, 5) is 26.8. The molecule has 144 valence electrons. The SMILES string of the molecule is Cc1ccccc1NC(=O)CCCN1C(=O)/C(=C/c2cccc(O)c2)SC1=S. The fourth-order valence-electron chi connectivity index (χ4n) is 2.78. The highest BCUT2D eigenvalue weighted by Crippen LogP contribution is 2.33. The molecule has 0 spiro atoms. The van der Waals surface area contributed by atoms with Crippen LogP contribution in [0.2, 0.25) is 0 Å². The van der Waals surface area contributed by atoms with Crippen LogP contribution in [0.3, 0.4) is 0 Å². The first-order chi connectivity index (χ1) is 13.4. The van der Waals surface area contributed by atoms with Gasteiger partial charge in [-0.15, -0.1) is 0 Å². The van der Waals surface area contributed by atoms with Crippen LogP contribution < -0.4 is 5.32 Å². The number of rotatable bonds is 6. The van der Waals surface area contributed by atoms with E-state index in [1.54, 1.807) is 24.3 Å². The van der Waals surface area contributed by atoms with Crippen molar-refractivity contribution in [2.24, 2.45) is 0 Å². The number of nitrogens with zero attached hydrogens (tertiary/aromatic N) is 1. The molecule has 0 bridgehead atoms. The van der Waals surface area contributed by atoms with Gasteiger partial charge in [0.2, 0.25) is 5.91 Å². The van der Waals surface area contributed by atoms with Gasteiger partial charge in [-0.2, -0.15) is 0 Å². The number of aromatic hydroxyl groups is 1. The molecule has 2 N–H and O–H groups in total. The summed E-state index contributed by atoms with van der Waals surface area (Å²) in [5, 5.41) is 12.4. The monoisotopic (exact) mass is 412 g/mol. The Labute approximate surface area is 173 Å². The van der Waals surface area contributed by atoms with Crippen molar-refractivity contribution >= 4 is 51.9 Å². The molecule has 0 aromatic heterocycles. The van der Waals surface area contributed by atoms with E-state index in [4.69, 9.17) is 12.2 Å². The van der Waals surface area contributed by atoms with Crippen LogP contribution in [0.1, 0.15) is 24.0 Å². The summed E-state index contributed by atoms with van der Waals surface area (Å²) in [5.41, 5.74) is 2.54. The standard InChI is InChI=1S/C21H20N2O3S2/c1-14-6-2-3-9-17(14)22-19(25)10-5-11-23-20(26)18(28-21(23)27)13-15-7-4-8-16(24)12-15/h2-4,6-9,12-13,24H,5,10-11H2,1H3,(H,22,25)/b18-13-. The van der Waals surface area contributed by atoms with Crippen molar-refractivity contribution in [2.75, 3.05) is 11.9 Å². The molecule has 5 nitrogen and oxygen atoms in total. The molecule has 0 aliphatic carbocycles. The van der Waals surface area contributed by atoms with Gasteiger partial charge in [0.1, 0.15) is 10.1 Å². The van der Waals surface area contributed by atoms with Crippen molar-refractivity contribution < 1.29 is 14.7 Å². The van der Waals surface area contributed by atoms with E-state index in [0.717, 1.165) is 16.8 Å². The summed E-state index contributed by atoms with van der Waals surface area (Å²) in [7, 11) is 0. The zero-order chi connectivity index (χ0) is 20.1. The molecule has 1 aliphatic rings. The van der Waals surface area contributed by atoms with Crippen molar-refractivity contribution in [3.63, 3.8) is 0 Å². The molecule has 1 aliphatic heterocycles. The first kappa shape index (κ1) is 20.1. The van der Waals surface area contributed by atoms with Gasteiger partial charge in [-0.3, -0.25) is 14.5 Å². The molecule has 2 amide bonds. The molecule has 0 saturated carbocycles. The first-order valence-corrected chi connectivity index (χ1v) is 10.1. The minimum atomic E-state index is -0.169. The molecular weight excluding hydrogens is 392 g/mol. The van der Waals surface area contributed by atoms with Gasteiger partial charge in [0.15, 0.2) is 0 Å². The van der Waals surface area contributed by atoms with E-state index >= 15 is 0 Å². The van der Waals surface area contributed by atoms with Crippen molar-refractivity contribution in [1.82, 2.24) is 4.90 Å². The number of thioether (sulfide) groups is 1.